The van der Waals surface area contributed by atoms with E-state index < -0.39 is 23.3 Å². The summed E-state index contributed by atoms with van der Waals surface area (Å²) in [5.74, 6) is -0.555. The SMILES string of the molecule is O=C(Nc1cc(Oc2ccc(CC(=O)C3(C(=O)OCc4ccccc4)CC3)c(F)c2)ccn1)Oc1ccccc1. The molecule has 9 heteroatoms. The van der Waals surface area contributed by atoms with Crippen molar-refractivity contribution in [3.8, 4) is 17.2 Å². The van der Waals surface area contributed by atoms with Gasteiger partial charge in [0.25, 0.3) is 0 Å². The van der Waals surface area contributed by atoms with E-state index in [1.807, 2.05) is 30.3 Å². The maximum Gasteiger partial charge on any atom is 0.418 e. The van der Waals surface area contributed by atoms with Gasteiger partial charge in [-0.15, -0.1) is 0 Å². The van der Waals surface area contributed by atoms with E-state index in [0.717, 1.165) is 11.6 Å². The number of rotatable bonds is 10. The average Bonchev–Trinajstić information content (AvgIpc) is 3.77. The van der Waals surface area contributed by atoms with Gasteiger partial charge < -0.3 is 14.2 Å². The summed E-state index contributed by atoms with van der Waals surface area (Å²) in [5, 5.41) is 2.50. The van der Waals surface area contributed by atoms with Gasteiger partial charge in [-0.25, -0.2) is 14.2 Å². The number of pyridine rings is 1. The summed E-state index contributed by atoms with van der Waals surface area (Å²) >= 11 is 0. The van der Waals surface area contributed by atoms with Gasteiger partial charge in [-0.3, -0.25) is 14.9 Å². The van der Waals surface area contributed by atoms with Gasteiger partial charge in [-0.05, 0) is 48.2 Å². The zero-order valence-electron chi connectivity index (χ0n) is 21.3. The second kappa shape index (κ2) is 11.8. The molecular weight excluding hydrogens is 515 g/mol. The standard InChI is InChI=1S/C31H25FN2O6/c32-26-18-24(39-25-13-16-33-28(19-25)34-30(37)40-23-9-5-2-6-10-23)12-11-22(26)17-27(35)31(14-15-31)29(36)38-20-21-7-3-1-4-8-21/h1-13,16,18-19H,14-15,17,20H2,(H,33,34,37). The van der Waals surface area contributed by atoms with Crippen LogP contribution in [0.3, 0.4) is 0 Å². The highest BCUT2D eigenvalue weighted by Gasteiger charge is 2.57. The Hall–Kier alpha value is -5.05. The van der Waals surface area contributed by atoms with E-state index in [1.54, 1.807) is 36.4 Å². The molecule has 1 aromatic heterocycles. The summed E-state index contributed by atoms with van der Waals surface area (Å²) < 4.78 is 31.2. The Morgan fingerprint density at radius 1 is 0.850 bits per heavy atom. The molecule has 1 N–H and O–H groups in total. The van der Waals surface area contributed by atoms with Crippen molar-refractivity contribution < 1.29 is 33.0 Å². The van der Waals surface area contributed by atoms with Crippen LogP contribution >= 0.6 is 0 Å². The van der Waals surface area contributed by atoms with Crippen LogP contribution < -0.4 is 14.8 Å². The predicted molar refractivity (Wildman–Crippen MR) is 143 cm³/mol. The number of hydrogen-bond donors (Lipinski definition) is 1. The molecule has 4 aromatic rings. The van der Waals surface area contributed by atoms with Crippen molar-refractivity contribution in [1.82, 2.24) is 4.98 Å². The molecule has 0 bridgehead atoms. The van der Waals surface area contributed by atoms with Gasteiger partial charge in [0.2, 0.25) is 0 Å². The van der Waals surface area contributed by atoms with E-state index in [0.29, 0.717) is 24.3 Å². The summed E-state index contributed by atoms with van der Waals surface area (Å²) in [4.78, 5) is 41.8. The van der Waals surface area contributed by atoms with Crippen LogP contribution in [0.1, 0.15) is 24.0 Å². The van der Waals surface area contributed by atoms with E-state index in [1.165, 1.54) is 24.4 Å². The number of esters is 1. The van der Waals surface area contributed by atoms with Crippen molar-refractivity contribution in [2.75, 3.05) is 5.32 Å². The first-order valence-electron chi connectivity index (χ1n) is 12.6. The number of ketones is 1. The molecule has 0 atom stereocenters. The Kier molecular flexibility index (Phi) is 7.82. The molecule has 1 aliphatic rings. The second-order valence-electron chi connectivity index (χ2n) is 9.30. The van der Waals surface area contributed by atoms with Crippen molar-refractivity contribution in [2.45, 2.75) is 25.9 Å². The molecule has 0 aliphatic heterocycles. The Labute approximate surface area is 229 Å². The largest absolute Gasteiger partial charge is 0.460 e. The second-order valence-corrected chi connectivity index (χ2v) is 9.30. The molecule has 1 amide bonds. The van der Waals surface area contributed by atoms with Crippen LogP contribution in [0.2, 0.25) is 0 Å². The minimum atomic E-state index is -1.21. The molecule has 1 aliphatic carbocycles. The molecule has 3 aromatic carbocycles. The van der Waals surface area contributed by atoms with Crippen molar-refractivity contribution in [2.24, 2.45) is 5.41 Å². The third-order valence-electron chi connectivity index (χ3n) is 6.41. The zero-order chi connectivity index (χ0) is 28.0. The Morgan fingerprint density at radius 3 is 2.25 bits per heavy atom. The number of Topliss-reactive ketones (excluding diaryl/α,β-unsaturated/α-hetero) is 1. The van der Waals surface area contributed by atoms with Gasteiger partial charge in [-0.1, -0.05) is 54.6 Å². The molecule has 1 fully saturated rings. The minimum absolute atomic E-state index is 0.0789. The fourth-order valence-electron chi connectivity index (χ4n) is 4.06. The van der Waals surface area contributed by atoms with Gasteiger partial charge in [-0.2, -0.15) is 0 Å². The predicted octanol–water partition coefficient (Wildman–Crippen LogP) is 6.26. The molecular formula is C31H25FN2O6. The Morgan fingerprint density at radius 2 is 1.55 bits per heavy atom. The number of aromatic nitrogens is 1. The van der Waals surface area contributed by atoms with Gasteiger partial charge in [0.05, 0.1) is 0 Å². The number of ether oxygens (including phenoxy) is 3. The summed E-state index contributed by atoms with van der Waals surface area (Å²) in [6.45, 7) is 0.0789. The molecule has 40 heavy (non-hydrogen) atoms. The lowest BCUT2D eigenvalue weighted by atomic mass is 9.95. The maximum atomic E-state index is 14.9. The minimum Gasteiger partial charge on any atom is -0.460 e. The summed E-state index contributed by atoms with van der Waals surface area (Å²) in [6, 6.07) is 24.9. The summed E-state index contributed by atoms with van der Waals surface area (Å²) in [7, 11) is 0. The lowest BCUT2D eigenvalue weighted by Gasteiger charge is -2.14. The number of amides is 1. The highest BCUT2D eigenvalue weighted by Crippen LogP contribution is 2.48. The highest BCUT2D eigenvalue weighted by molar-refractivity contribution is 6.07. The molecule has 1 heterocycles. The van der Waals surface area contributed by atoms with Crippen molar-refractivity contribution >= 4 is 23.7 Å². The molecule has 1 saturated carbocycles. The maximum absolute atomic E-state index is 14.9. The molecule has 0 radical (unpaired) electrons. The quantitative estimate of drug-likeness (QED) is 0.187. The lowest BCUT2D eigenvalue weighted by Crippen LogP contribution is -2.29. The van der Waals surface area contributed by atoms with Crippen LogP contribution in [-0.4, -0.2) is 22.8 Å². The van der Waals surface area contributed by atoms with Crippen molar-refractivity contribution in [1.29, 1.82) is 0 Å². The van der Waals surface area contributed by atoms with Gasteiger partial charge in [0.15, 0.2) is 5.78 Å². The van der Waals surface area contributed by atoms with E-state index in [-0.39, 0.29) is 35.9 Å². The fraction of sp³-hybridized carbons (Fsp3) is 0.161. The first-order valence-corrected chi connectivity index (χ1v) is 12.6. The van der Waals surface area contributed by atoms with Crippen LogP contribution in [0.5, 0.6) is 17.2 Å². The molecule has 8 nitrogen and oxygen atoms in total. The Balaban J connectivity index is 1.17. The van der Waals surface area contributed by atoms with Gasteiger partial charge in [0.1, 0.15) is 40.9 Å². The number of benzene rings is 3. The Bertz CT molecular complexity index is 1520. The number of para-hydroxylation sites is 1. The first kappa shape index (κ1) is 26.6. The zero-order valence-corrected chi connectivity index (χ0v) is 21.3. The smallest absolute Gasteiger partial charge is 0.418 e. The molecule has 0 unspecified atom stereocenters. The van der Waals surface area contributed by atoms with Crippen LogP contribution in [0, 0.1) is 11.2 Å². The molecule has 0 saturated heterocycles. The van der Waals surface area contributed by atoms with Crippen LogP contribution in [-0.2, 0) is 27.4 Å². The summed E-state index contributed by atoms with van der Waals surface area (Å²) in [5.41, 5.74) is -0.233. The average molecular weight is 541 g/mol. The normalized spacial score (nSPS) is 13.1. The molecule has 5 rings (SSSR count). The van der Waals surface area contributed by atoms with E-state index >= 15 is 0 Å². The topological polar surface area (TPSA) is 104 Å². The highest BCUT2D eigenvalue weighted by atomic mass is 19.1. The van der Waals surface area contributed by atoms with E-state index in [9.17, 15) is 18.8 Å². The van der Waals surface area contributed by atoms with Gasteiger partial charge >= 0.3 is 12.1 Å². The van der Waals surface area contributed by atoms with Crippen LogP contribution in [0.25, 0.3) is 0 Å². The van der Waals surface area contributed by atoms with Crippen molar-refractivity contribution in [3.05, 3.63) is 114 Å². The number of nitrogens with zero attached hydrogens (tertiary/aromatic N) is 1. The number of carbonyl (C=O) groups is 3. The number of halogens is 1. The van der Waals surface area contributed by atoms with Crippen molar-refractivity contribution in [3.63, 3.8) is 0 Å². The van der Waals surface area contributed by atoms with E-state index in [4.69, 9.17) is 14.2 Å². The molecule has 202 valence electrons. The monoisotopic (exact) mass is 540 g/mol. The van der Waals surface area contributed by atoms with E-state index in [2.05, 4.69) is 10.3 Å². The third-order valence-corrected chi connectivity index (χ3v) is 6.41. The van der Waals surface area contributed by atoms with Crippen LogP contribution in [0.4, 0.5) is 15.0 Å². The number of anilines is 1. The molecule has 0 spiro atoms. The fourth-order valence-corrected chi connectivity index (χ4v) is 4.06. The summed E-state index contributed by atoms with van der Waals surface area (Å²) in [6.07, 6.45) is 1.23. The first-order chi connectivity index (χ1) is 19.4. The number of nitrogens with one attached hydrogen (secondary N) is 1. The lowest BCUT2D eigenvalue weighted by molar-refractivity contribution is -0.155. The number of carbonyl (C=O) groups excluding carboxylic acids is 3. The van der Waals surface area contributed by atoms with Crippen LogP contribution in [0.15, 0.2) is 97.2 Å². The van der Waals surface area contributed by atoms with Gasteiger partial charge in [0, 0.05) is 24.8 Å². The third kappa shape index (κ3) is 6.50. The number of hydrogen-bond acceptors (Lipinski definition) is 7.